The van der Waals surface area contributed by atoms with E-state index < -0.39 is 11.5 Å². The van der Waals surface area contributed by atoms with Crippen molar-refractivity contribution in [3.63, 3.8) is 0 Å². The van der Waals surface area contributed by atoms with Crippen molar-refractivity contribution < 1.29 is 9.53 Å². The van der Waals surface area contributed by atoms with Gasteiger partial charge in [0, 0.05) is 30.4 Å². The summed E-state index contributed by atoms with van der Waals surface area (Å²) in [6.45, 7) is 5.18. The van der Waals surface area contributed by atoms with Gasteiger partial charge in [-0.15, -0.1) is 0 Å². The summed E-state index contributed by atoms with van der Waals surface area (Å²) < 4.78 is 5.24. The van der Waals surface area contributed by atoms with E-state index in [4.69, 9.17) is 4.74 Å². The van der Waals surface area contributed by atoms with Gasteiger partial charge in [-0.2, -0.15) is 10.4 Å². The van der Waals surface area contributed by atoms with Crippen molar-refractivity contribution in [2.24, 2.45) is 0 Å². The van der Waals surface area contributed by atoms with E-state index in [9.17, 15) is 10.1 Å². The zero-order valence-corrected chi connectivity index (χ0v) is 19.8. The lowest BCUT2D eigenvalue weighted by Crippen LogP contribution is -2.26. The van der Waals surface area contributed by atoms with Gasteiger partial charge in [0.2, 0.25) is 0 Å². The zero-order valence-electron chi connectivity index (χ0n) is 19.8. The minimum atomic E-state index is -0.654. The summed E-state index contributed by atoms with van der Waals surface area (Å²) in [5.74, 6) is 0. The Morgan fingerprint density at radius 2 is 1.97 bits per heavy atom. The van der Waals surface area contributed by atoms with Crippen molar-refractivity contribution in [1.29, 1.82) is 5.26 Å². The molecule has 8 heteroatoms. The predicted octanol–water partition coefficient (Wildman–Crippen LogP) is 5.15. The first kappa shape index (κ1) is 23.8. The van der Waals surface area contributed by atoms with Crippen molar-refractivity contribution in [3.8, 4) is 17.2 Å². The molecular weight excluding hydrogens is 440 g/mol. The highest BCUT2D eigenvalue weighted by Gasteiger charge is 2.22. The molecule has 0 fully saturated rings. The van der Waals surface area contributed by atoms with Crippen LogP contribution >= 0.6 is 0 Å². The van der Waals surface area contributed by atoms with E-state index in [1.54, 1.807) is 12.4 Å². The summed E-state index contributed by atoms with van der Waals surface area (Å²) in [7, 11) is 0. The predicted molar refractivity (Wildman–Crippen MR) is 136 cm³/mol. The molecule has 0 radical (unpaired) electrons. The minimum Gasteiger partial charge on any atom is -0.445 e. The van der Waals surface area contributed by atoms with Gasteiger partial charge in [0.1, 0.15) is 6.61 Å². The minimum absolute atomic E-state index is 0.244. The third kappa shape index (κ3) is 5.95. The van der Waals surface area contributed by atoms with Crippen molar-refractivity contribution in [3.05, 3.63) is 78.1 Å². The second-order valence-electron chi connectivity index (χ2n) is 8.80. The number of alkyl carbamates (subject to hydrolysis) is 1. The molecule has 2 heterocycles. The van der Waals surface area contributed by atoms with Crippen LogP contribution < -0.4 is 10.6 Å². The van der Waals surface area contributed by atoms with Gasteiger partial charge in [0.15, 0.2) is 5.65 Å². The van der Waals surface area contributed by atoms with Crippen LogP contribution in [-0.4, -0.2) is 34.4 Å². The molecule has 0 aliphatic carbocycles. The summed E-state index contributed by atoms with van der Waals surface area (Å²) in [6, 6.07) is 20.0. The standard InChI is InChI=1S/C27H28N6O2/c1-27(2,18-28)21-13-20(23-9-12-30-25-24(23)16-32-33-25)14-22(15-21)29-10-6-11-31-26(34)35-17-19-7-4-3-5-8-19/h3-5,7-9,12-16,29H,6,10-11,17H2,1-2H3,(H,31,34)(H,30,32,33). The number of carbonyl (C=O) groups excluding carboxylic acids is 1. The molecule has 8 nitrogen and oxygen atoms in total. The number of anilines is 1. The lowest BCUT2D eigenvalue weighted by molar-refractivity contribution is 0.139. The maximum Gasteiger partial charge on any atom is 0.407 e. The van der Waals surface area contributed by atoms with E-state index in [0.717, 1.165) is 33.3 Å². The Morgan fingerprint density at radius 1 is 1.14 bits per heavy atom. The molecule has 0 spiro atoms. The molecule has 1 amide bonds. The number of amides is 1. The van der Waals surface area contributed by atoms with Crippen LogP contribution in [-0.2, 0) is 16.8 Å². The Bertz CT molecular complexity index is 1340. The van der Waals surface area contributed by atoms with Crippen LogP contribution in [0.25, 0.3) is 22.2 Å². The molecule has 4 aromatic rings. The van der Waals surface area contributed by atoms with Crippen molar-refractivity contribution in [1.82, 2.24) is 20.5 Å². The number of ether oxygens (including phenoxy) is 1. The lowest BCUT2D eigenvalue weighted by Gasteiger charge is -2.20. The quantitative estimate of drug-likeness (QED) is 0.292. The molecule has 0 bridgehead atoms. The first-order chi connectivity index (χ1) is 17.0. The van der Waals surface area contributed by atoms with Crippen LogP contribution in [0.15, 0.2) is 67.0 Å². The maximum absolute atomic E-state index is 11.9. The highest BCUT2D eigenvalue weighted by atomic mass is 16.5. The summed E-state index contributed by atoms with van der Waals surface area (Å²) in [4.78, 5) is 16.2. The zero-order chi connectivity index (χ0) is 24.7. The molecule has 2 aromatic carbocycles. The molecule has 0 aliphatic rings. The number of H-pyrrole nitrogens is 1. The second kappa shape index (κ2) is 10.7. The highest BCUT2D eigenvalue weighted by Crippen LogP contribution is 2.33. The van der Waals surface area contributed by atoms with Crippen molar-refractivity contribution >= 4 is 22.8 Å². The molecule has 0 atom stereocenters. The summed E-state index contributed by atoms with van der Waals surface area (Å²) >= 11 is 0. The molecule has 3 N–H and O–H groups in total. The van der Waals surface area contributed by atoms with Crippen LogP contribution in [0.5, 0.6) is 0 Å². The van der Waals surface area contributed by atoms with Gasteiger partial charge < -0.3 is 15.4 Å². The molecule has 0 saturated carbocycles. The topological polar surface area (TPSA) is 116 Å². The number of rotatable bonds is 9. The number of nitrogens with zero attached hydrogens (tertiary/aromatic N) is 3. The SMILES string of the molecule is CC(C)(C#N)c1cc(NCCCNC(=O)OCc2ccccc2)cc(-c2ccnc3[nH]ncc23)c1. The first-order valence-electron chi connectivity index (χ1n) is 11.5. The molecular formula is C27H28N6O2. The molecule has 0 unspecified atom stereocenters. The number of pyridine rings is 1. The van der Waals surface area contributed by atoms with E-state index in [1.807, 2.05) is 62.4 Å². The van der Waals surface area contributed by atoms with Gasteiger partial charge >= 0.3 is 6.09 Å². The first-order valence-corrected chi connectivity index (χ1v) is 11.5. The van der Waals surface area contributed by atoms with Crippen LogP contribution in [0.3, 0.4) is 0 Å². The molecule has 2 aromatic heterocycles. The van der Waals surface area contributed by atoms with E-state index in [-0.39, 0.29) is 6.61 Å². The molecule has 35 heavy (non-hydrogen) atoms. The number of hydrogen-bond acceptors (Lipinski definition) is 6. The number of nitrogens with one attached hydrogen (secondary N) is 3. The number of aromatic amines is 1. The smallest absolute Gasteiger partial charge is 0.407 e. The summed E-state index contributed by atoms with van der Waals surface area (Å²) in [5, 5.41) is 23.8. The van der Waals surface area contributed by atoms with E-state index in [0.29, 0.717) is 25.2 Å². The van der Waals surface area contributed by atoms with Crippen molar-refractivity contribution in [2.45, 2.75) is 32.3 Å². The second-order valence-corrected chi connectivity index (χ2v) is 8.80. The summed E-state index contributed by atoms with van der Waals surface area (Å²) in [6.07, 6.45) is 3.78. The Balaban J connectivity index is 1.39. The number of benzene rings is 2. The number of nitriles is 1. The fourth-order valence-corrected chi connectivity index (χ4v) is 3.70. The number of hydrogen-bond donors (Lipinski definition) is 3. The Hall–Kier alpha value is -4.38. The molecule has 0 aliphatic heterocycles. The van der Waals surface area contributed by atoms with Crippen LogP contribution in [0.2, 0.25) is 0 Å². The van der Waals surface area contributed by atoms with Gasteiger partial charge in [-0.1, -0.05) is 30.3 Å². The Morgan fingerprint density at radius 3 is 2.77 bits per heavy atom. The largest absolute Gasteiger partial charge is 0.445 e. The average molecular weight is 469 g/mol. The maximum atomic E-state index is 11.9. The normalized spacial score (nSPS) is 11.1. The lowest BCUT2D eigenvalue weighted by atomic mass is 9.84. The Kier molecular flexibility index (Phi) is 7.27. The number of fused-ring (bicyclic) bond motifs is 1. The number of aromatic nitrogens is 3. The third-order valence-corrected chi connectivity index (χ3v) is 5.76. The van der Waals surface area contributed by atoms with Gasteiger partial charge in [-0.25, -0.2) is 9.78 Å². The fraction of sp³-hybridized carbons (Fsp3) is 0.259. The van der Waals surface area contributed by atoms with Gasteiger partial charge in [0.25, 0.3) is 0 Å². The monoisotopic (exact) mass is 468 g/mol. The fourth-order valence-electron chi connectivity index (χ4n) is 3.70. The van der Waals surface area contributed by atoms with Crippen LogP contribution in [0, 0.1) is 11.3 Å². The molecule has 4 rings (SSSR count). The van der Waals surface area contributed by atoms with E-state index in [1.165, 1.54) is 0 Å². The Labute approximate surface area is 204 Å². The van der Waals surface area contributed by atoms with Crippen molar-refractivity contribution in [2.75, 3.05) is 18.4 Å². The average Bonchev–Trinajstić information content (AvgIpc) is 3.37. The highest BCUT2D eigenvalue weighted by molar-refractivity contribution is 5.92. The van der Waals surface area contributed by atoms with Gasteiger partial charge in [0.05, 0.1) is 17.7 Å². The summed E-state index contributed by atoms with van der Waals surface area (Å²) in [5.41, 5.74) is 4.79. The van der Waals surface area contributed by atoms with E-state index in [2.05, 4.69) is 38.0 Å². The third-order valence-electron chi connectivity index (χ3n) is 5.76. The van der Waals surface area contributed by atoms with Gasteiger partial charge in [-0.3, -0.25) is 5.10 Å². The van der Waals surface area contributed by atoms with Gasteiger partial charge in [-0.05, 0) is 66.8 Å². The number of carbonyl (C=O) groups is 1. The van der Waals surface area contributed by atoms with Crippen LogP contribution in [0.1, 0.15) is 31.4 Å². The molecule has 178 valence electrons. The van der Waals surface area contributed by atoms with Crippen LogP contribution in [0.4, 0.5) is 10.5 Å². The van der Waals surface area contributed by atoms with E-state index >= 15 is 0 Å². The molecule has 0 saturated heterocycles.